The molecule has 0 aliphatic carbocycles. The topological polar surface area (TPSA) is 123 Å². The van der Waals surface area contributed by atoms with Gasteiger partial charge in [0.2, 0.25) is 5.43 Å². The van der Waals surface area contributed by atoms with Gasteiger partial charge in [-0.1, -0.05) is 11.6 Å². The molecule has 0 aliphatic heterocycles. The number of nitro benzene ring substituents is 1. The van der Waals surface area contributed by atoms with Crippen LogP contribution < -0.4 is 5.43 Å². The summed E-state index contributed by atoms with van der Waals surface area (Å²) >= 11 is 5.76. The lowest BCUT2D eigenvalue weighted by molar-refractivity contribution is -0.384. The first-order valence-corrected chi connectivity index (χ1v) is 7.55. The summed E-state index contributed by atoms with van der Waals surface area (Å²) in [6, 6.07) is 1.28. The van der Waals surface area contributed by atoms with Crippen LogP contribution in [0.15, 0.2) is 29.2 Å². The molecule has 2 N–H and O–H groups in total. The summed E-state index contributed by atoms with van der Waals surface area (Å²) in [4.78, 5) is 33.9. The van der Waals surface area contributed by atoms with E-state index in [2.05, 4.69) is 0 Å². The molecule has 1 aromatic heterocycles. The van der Waals surface area contributed by atoms with Crippen LogP contribution in [0.25, 0.3) is 16.6 Å². The number of benzene rings is 2. The number of nitrogens with zero attached hydrogens (tertiary/aromatic N) is 2. The Bertz CT molecular complexity index is 1260. The third-order valence-corrected chi connectivity index (χ3v) is 4.20. The van der Waals surface area contributed by atoms with Crippen molar-refractivity contribution in [3.63, 3.8) is 0 Å². The van der Waals surface area contributed by atoms with Crippen molar-refractivity contribution >= 4 is 34.2 Å². The monoisotopic (exact) mass is 414 g/mol. The molecular weight excluding hydrogens is 409 g/mol. The van der Waals surface area contributed by atoms with Gasteiger partial charge >= 0.3 is 5.97 Å². The molecule has 0 radical (unpaired) electrons. The molecule has 0 saturated carbocycles. The van der Waals surface area contributed by atoms with Gasteiger partial charge in [0.05, 0.1) is 21.9 Å². The number of phenols is 1. The highest BCUT2D eigenvalue weighted by molar-refractivity contribution is 6.35. The number of carbonyl (C=O) groups is 1. The number of aromatic hydroxyl groups is 1. The van der Waals surface area contributed by atoms with Gasteiger partial charge in [-0.15, -0.1) is 0 Å². The van der Waals surface area contributed by atoms with Crippen molar-refractivity contribution in [2.24, 2.45) is 0 Å². The first-order chi connectivity index (χ1) is 13.0. The lowest BCUT2D eigenvalue weighted by Gasteiger charge is -2.15. The van der Waals surface area contributed by atoms with Gasteiger partial charge < -0.3 is 14.8 Å². The molecule has 0 spiro atoms. The van der Waals surface area contributed by atoms with Crippen molar-refractivity contribution < 1.29 is 33.1 Å². The Morgan fingerprint density at radius 3 is 2.39 bits per heavy atom. The molecule has 0 atom stereocenters. The van der Waals surface area contributed by atoms with Crippen molar-refractivity contribution in [2.45, 2.75) is 0 Å². The van der Waals surface area contributed by atoms with E-state index in [1.807, 2.05) is 0 Å². The van der Waals surface area contributed by atoms with Gasteiger partial charge in [-0.05, 0) is 6.07 Å². The van der Waals surface area contributed by atoms with Gasteiger partial charge in [-0.3, -0.25) is 14.9 Å². The summed E-state index contributed by atoms with van der Waals surface area (Å²) in [7, 11) is 0. The predicted molar refractivity (Wildman–Crippen MR) is 89.7 cm³/mol. The Hall–Kier alpha value is -3.60. The molecule has 0 fully saturated rings. The van der Waals surface area contributed by atoms with Crippen LogP contribution in [0.4, 0.5) is 18.9 Å². The molecule has 0 unspecified atom stereocenters. The summed E-state index contributed by atoms with van der Waals surface area (Å²) in [5, 5.41) is 28.4. The first-order valence-electron chi connectivity index (χ1n) is 7.18. The standard InChI is InChI=1S/C16H6ClF3N2O6/c17-12-13(20)8(19)1-5-14(12)21(4-6(15(5)24)16(25)26)9-3-11(23)7(18)2-10(9)22(27)28/h1-4,23H,(H,25,26). The third kappa shape index (κ3) is 2.81. The fraction of sp³-hybridized carbons (Fsp3) is 0. The smallest absolute Gasteiger partial charge is 0.341 e. The average molecular weight is 415 g/mol. The SMILES string of the molecule is O=C(O)c1cn(-c2cc(O)c(F)cc2[N+](=O)[O-])c2c(Cl)c(F)c(F)cc2c1=O. The van der Waals surface area contributed by atoms with Gasteiger partial charge in [-0.2, -0.15) is 0 Å². The Balaban J connectivity index is 2.63. The number of pyridine rings is 1. The van der Waals surface area contributed by atoms with Gasteiger partial charge in [0.25, 0.3) is 5.69 Å². The van der Waals surface area contributed by atoms with Crippen LogP contribution in [-0.4, -0.2) is 25.7 Å². The number of aromatic nitrogens is 1. The van der Waals surface area contributed by atoms with Crippen LogP contribution in [0.3, 0.4) is 0 Å². The minimum Gasteiger partial charge on any atom is -0.505 e. The number of carboxylic acid groups (broad SMARTS) is 1. The molecule has 0 saturated heterocycles. The number of carboxylic acids is 1. The fourth-order valence-electron chi connectivity index (χ4n) is 2.61. The second-order valence-electron chi connectivity index (χ2n) is 5.48. The van der Waals surface area contributed by atoms with Crippen molar-refractivity contribution in [3.8, 4) is 11.4 Å². The van der Waals surface area contributed by atoms with Crippen LogP contribution in [-0.2, 0) is 0 Å². The minimum atomic E-state index is -1.77. The Kier molecular flexibility index (Phi) is 4.47. The van der Waals surface area contributed by atoms with Crippen molar-refractivity contribution in [2.75, 3.05) is 0 Å². The molecule has 3 aromatic rings. The molecule has 28 heavy (non-hydrogen) atoms. The fourth-order valence-corrected chi connectivity index (χ4v) is 2.90. The Morgan fingerprint density at radius 1 is 1.18 bits per heavy atom. The number of hydrogen-bond donors (Lipinski definition) is 2. The van der Waals surface area contributed by atoms with Gasteiger partial charge in [0.15, 0.2) is 23.2 Å². The van der Waals surface area contributed by atoms with Crippen LogP contribution in [0.5, 0.6) is 5.75 Å². The molecule has 0 amide bonds. The van der Waals surface area contributed by atoms with Crippen LogP contribution >= 0.6 is 11.6 Å². The lowest BCUT2D eigenvalue weighted by atomic mass is 10.1. The summed E-state index contributed by atoms with van der Waals surface area (Å²) in [6.07, 6.45) is 0.579. The number of rotatable bonds is 3. The molecule has 12 heteroatoms. The Morgan fingerprint density at radius 2 is 1.82 bits per heavy atom. The molecule has 0 bridgehead atoms. The summed E-state index contributed by atoms with van der Waals surface area (Å²) in [6.45, 7) is 0. The van der Waals surface area contributed by atoms with Crippen molar-refractivity contribution in [3.05, 3.63) is 72.8 Å². The van der Waals surface area contributed by atoms with Crippen LogP contribution in [0.2, 0.25) is 5.02 Å². The third-order valence-electron chi connectivity index (χ3n) is 3.86. The number of phenolic OH excluding ortho intramolecular Hbond substituents is 1. The van der Waals surface area contributed by atoms with Gasteiger partial charge in [0.1, 0.15) is 16.3 Å². The number of aromatic carboxylic acids is 1. The Labute approximate surface area is 156 Å². The maximum atomic E-state index is 14.0. The van der Waals surface area contributed by atoms with Crippen molar-refractivity contribution in [1.82, 2.24) is 4.57 Å². The quantitative estimate of drug-likeness (QED) is 0.385. The zero-order valence-electron chi connectivity index (χ0n) is 13.2. The van der Waals surface area contributed by atoms with Gasteiger partial charge in [0, 0.05) is 12.3 Å². The summed E-state index contributed by atoms with van der Waals surface area (Å²) in [5.74, 6) is -7.33. The number of fused-ring (bicyclic) bond motifs is 1. The second kappa shape index (κ2) is 6.53. The van der Waals surface area contributed by atoms with Crippen LogP contribution in [0, 0.1) is 27.6 Å². The van der Waals surface area contributed by atoms with E-state index in [9.17, 15) is 43.1 Å². The van der Waals surface area contributed by atoms with Crippen LogP contribution in [0.1, 0.15) is 10.4 Å². The predicted octanol–water partition coefficient (Wildman–Crippen LogP) is 3.37. The minimum absolute atomic E-state index is 0.336. The van der Waals surface area contributed by atoms with E-state index >= 15 is 0 Å². The maximum absolute atomic E-state index is 14.0. The second-order valence-corrected chi connectivity index (χ2v) is 5.86. The van der Waals surface area contributed by atoms with E-state index in [1.165, 1.54) is 0 Å². The average Bonchev–Trinajstić information content (AvgIpc) is 2.62. The van der Waals surface area contributed by atoms with Crippen molar-refractivity contribution in [1.29, 1.82) is 0 Å². The van der Waals surface area contributed by atoms with E-state index in [-0.39, 0.29) is 0 Å². The van der Waals surface area contributed by atoms with E-state index in [1.54, 1.807) is 0 Å². The van der Waals surface area contributed by atoms with E-state index < -0.39 is 72.4 Å². The molecule has 0 aliphatic rings. The molecule has 8 nitrogen and oxygen atoms in total. The first kappa shape index (κ1) is 19.2. The maximum Gasteiger partial charge on any atom is 0.341 e. The number of nitro groups is 1. The van der Waals surface area contributed by atoms with E-state index in [0.717, 1.165) is 0 Å². The molecule has 144 valence electrons. The largest absolute Gasteiger partial charge is 0.505 e. The molecule has 3 rings (SSSR count). The number of hydrogen-bond acceptors (Lipinski definition) is 5. The normalized spacial score (nSPS) is 11.0. The summed E-state index contributed by atoms with van der Waals surface area (Å²) in [5.41, 5.74) is -4.38. The molecular formula is C16H6ClF3N2O6. The molecule has 2 aromatic carbocycles. The zero-order valence-corrected chi connectivity index (χ0v) is 14.0. The highest BCUT2D eigenvalue weighted by Crippen LogP contribution is 2.35. The highest BCUT2D eigenvalue weighted by Gasteiger charge is 2.26. The molecule has 1 heterocycles. The highest BCUT2D eigenvalue weighted by atomic mass is 35.5. The van der Waals surface area contributed by atoms with E-state index in [0.29, 0.717) is 29.0 Å². The lowest BCUT2D eigenvalue weighted by Crippen LogP contribution is -2.19. The zero-order chi connectivity index (χ0) is 20.9. The van der Waals surface area contributed by atoms with Gasteiger partial charge in [-0.25, -0.2) is 18.0 Å². The van der Waals surface area contributed by atoms with E-state index in [4.69, 9.17) is 11.6 Å². The number of halogens is 4. The summed E-state index contributed by atoms with van der Waals surface area (Å²) < 4.78 is 41.9.